The standard InChI is InChI=1S/C41H58N2/c1-6-34-23-25-35(26-24-34)36-27-28-38-37-21-15-16-22-39(37)41(40(38)33-36,29-17-11-13-19-31-42(7-2)8-3)30-18-12-14-20-32-43(9-4)10-5/h6,15-16,21-28,33H,1,7-14,17-20,29-32H2,2-5H3. The van der Waals surface area contributed by atoms with Crippen LogP contribution in [-0.4, -0.2) is 49.1 Å². The van der Waals surface area contributed by atoms with E-state index < -0.39 is 0 Å². The molecule has 2 nitrogen and oxygen atoms in total. The Balaban J connectivity index is 1.56. The molecule has 0 aromatic heterocycles. The molecule has 3 aromatic rings. The van der Waals surface area contributed by atoms with Crippen LogP contribution in [0.5, 0.6) is 0 Å². The topological polar surface area (TPSA) is 6.48 Å². The molecule has 0 atom stereocenters. The first-order chi connectivity index (χ1) is 21.1. The molecule has 0 amide bonds. The van der Waals surface area contributed by atoms with Crippen LogP contribution < -0.4 is 0 Å². The Morgan fingerprint density at radius 3 is 1.63 bits per heavy atom. The molecule has 232 valence electrons. The first kappa shape index (κ1) is 33.2. The Bertz CT molecular complexity index is 1220. The van der Waals surface area contributed by atoms with Crippen molar-refractivity contribution in [1.29, 1.82) is 0 Å². The number of unbranched alkanes of at least 4 members (excludes halogenated alkanes) is 6. The molecule has 0 saturated heterocycles. The van der Waals surface area contributed by atoms with Gasteiger partial charge in [0.2, 0.25) is 0 Å². The Labute approximate surface area is 264 Å². The highest BCUT2D eigenvalue weighted by Crippen LogP contribution is 2.54. The molecular weight excluding hydrogens is 520 g/mol. The molecule has 0 spiro atoms. The molecule has 4 rings (SSSR count). The molecule has 0 bridgehead atoms. The van der Waals surface area contributed by atoms with Gasteiger partial charge in [0.15, 0.2) is 0 Å². The van der Waals surface area contributed by atoms with Crippen LogP contribution >= 0.6 is 0 Å². The van der Waals surface area contributed by atoms with E-state index in [-0.39, 0.29) is 5.41 Å². The second-order valence-corrected chi connectivity index (χ2v) is 12.6. The van der Waals surface area contributed by atoms with E-state index >= 15 is 0 Å². The number of nitrogens with zero attached hydrogens (tertiary/aromatic N) is 2. The van der Waals surface area contributed by atoms with Gasteiger partial charge in [0.05, 0.1) is 0 Å². The molecule has 3 aromatic carbocycles. The van der Waals surface area contributed by atoms with Gasteiger partial charge in [0, 0.05) is 5.41 Å². The minimum atomic E-state index is 0.112. The van der Waals surface area contributed by atoms with E-state index in [1.807, 2.05) is 6.08 Å². The number of hydrogen-bond donors (Lipinski definition) is 0. The third-order valence-electron chi connectivity index (χ3n) is 10.2. The van der Waals surface area contributed by atoms with Gasteiger partial charge in [-0.1, -0.05) is 140 Å². The summed E-state index contributed by atoms with van der Waals surface area (Å²) < 4.78 is 0. The SMILES string of the molecule is C=Cc1ccc(-c2ccc3c(c2)C(CCCCCCN(CC)CC)(CCCCCCN(CC)CC)c2ccccc2-3)cc1. The highest BCUT2D eigenvalue weighted by atomic mass is 15.1. The summed E-state index contributed by atoms with van der Waals surface area (Å²) in [6.07, 6.45) is 15.0. The van der Waals surface area contributed by atoms with Crippen LogP contribution in [-0.2, 0) is 5.41 Å². The maximum atomic E-state index is 3.95. The molecule has 0 N–H and O–H groups in total. The average Bonchev–Trinajstić information content (AvgIpc) is 3.33. The van der Waals surface area contributed by atoms with Crippen molar-refractivity contribution in [1.82, 2.24) is 9.80 Å². The Kier molecular flexibility index (Phi) is 13.1. The average molecular weight is 579 g/mol. The molecule has 0 heterocycles. The van der Waals surface area contributed by atoms with Crippen LogP contribution in [0.25, 0.3) is 28.3 Å². The van der Waals surface area contributed by atoms with E-state index in [9.17, 15) is 0 Å². The van der Waals surface area contributed by atoms with E-state index in [0.29, 0.717) is 0 Å². The number of rotatable bonds is 20. The first-order valence-electron chi connectivity index (χ1n) is 17.5. The normalized spacial score (nSPS) is 13.4. The monoisotopic (exact) mass is 578 g/mol. The molecular formula is C41H58N2. The van der Waals surface area contributed by atoms with Crippen molar-refractivity contribution in [3.63, 3.8) is 0 Å². The maximum Gasteiger partial charge on any atom is 0.0215 e. The predicted molar refractivity (Wildman–Crippen MR) is 190 cm³/mol. The van der Waals surface area contributed by atoms with E-state index in [0.717, 1.165) is 0 Å². The van der Waals surface area contributed by atoms with E-state index in [4.69, 9.17) is 0 Å². The first-order valence-corrected chi connectivity index (χ1v) is 17.5. The zero-order chi connectivity index (χ0) is 30.5. The van der Waals surface area contributed by atoms with Gasteiger partial charge in [-0.25, -0.2) is 0 Å². The van der Waals surface area contributed by atoms with Crippen LogP contribution in [0.3, 0.4) is 0 Å². The Morgan fingerprint density at radius 1 is 0.558 bits per heavy atom. The van der Waals surface area contributed by atoms with Crippen LogP contribution in [0.4, 0.5) is 0 Å². The van der Waals surface area contributed by atoms with Crippen molar-refractivity contribution in [3.8, 4) is 22.3 Å². The van der Waals surface area contributed by atoms with E-state index in [1.54, 1.807) is 11.1 Å². The highest BCUT2D eigenvalue weighted by molar-refractivity contribution is 5.84. The summed E-state index contributed by atoms with van der Waals surface area (Å²) >= 11 is 0. The summed E-state index contributed by atoms with van der Waals surface area (Å²) in [5, 5.41) is 0. The molecule has 1 aliphatic rings. The zero-order valence-corrected chi connectivity index (χ0v) is 27.8. The van der Waals surface area contributed by atoms with Gasteiger partial charge in [-0.3, -0.25) is 0 Å². The fourth-order valence-corrected chi connectivity index (χ4v) is 7.42. The van der Waals surface area contributed by atoms with Crippen molar-refractivity contribution < 1.29 is 0 Å². The molecule has 2 heteroatoms. The van der Waals surface area contributed by atoms with Crippen LogP contribution in [0.2, 0.25) is 0 Å². The van der Waals surface area contributed by atoms with Gasteiger partial charge in [-0.05, 0) is 110 Å². The van der Waals surface area contributed by atoms with Gasteiger partial charge in [-0.15, -0.1) is 0 Å². The number of fused-ring (bicyclic) bond motifs is 3. The van der Waals surface area contributed by atoms with Gasteiger partial charge >= 0.3 is 0 Å². The van der Waals surface area contributed by atoms with Crippen molar-refractivity contribution in [2.24, 2.45) is 0 Å². The van der Waals surface area contributed by atoms with Crippen LogP contribution in [0.1, 0.15) is 109 Å². The second-order valence-electron chi connectivity index (χ2n) is 12.6. The van der Waals surface area contributed by atoms with Crippen molar-refractivity contribution in [3.05, 3.63) is 90.0 Å². The van der Waals surface area contributed by atoms with Crippen molar-refractivity contribution in [2.75, 3.05) is 39.3 Å². The van der Waals surface area contributed by atoms with Crippen LogP contribution in [0, 0.1) is 0 Å². The lowest BCUT2D eigenvalue weighted by Crippen LogP contribution is -2.26. The lowest BCUT2D eigenvalue weighted by molar-refractivity contribution is 0.292. The molecule has 0 radical (unpaired) electrons. The fraction of sp³-hybridized carbons (Fsp3) is 0.512. The summed E-state index contributed by atoms with van der Waals surface area (Å²) in [7, 11) is 0. The number of hydrogen-bond acceptors (Lipinski definition) is 2. The molecule has 0 saturated carbocycles. The minimum Gasteiger partial charge on any atom is -0.304 e. The third kappa shape index (κ3) is 8.28. The summed E-state index contributed by atoms with van der Waals surface area (Å²) in [5.41, 5.74) is 10.0. The fourth-order valence-electron chi connectivity index (χ4n) is 7.42. The van der Waals surface area contributed by atoms with Gasteiger partial charge in [0.25, 0.3) is 0 Å². The van der Waals surface area contributed by atoms with E-state index in [1.165, 1.54) is 131 Å². The molecule has 1 aliphatic carbocycles. The highest BCUT2D eigenvalue weighted by Gasteiger charge is 2.42. The summed E-state index contributed by atoms with van der Waals surface area (Å²) in [4.78, 5) is 5.13. The molecule has 0 unspecified atom stereocenters. The molecule has 0 aliphatic heterocycles. The molecule has 0 fully saturated rings. The zero-order valence-electron chi connectivity index (χ0n) is 27.8. The Morgan fingerprint density at radius 2 is 1.07 bits per heavy atom. The summed E-state index contributed by atoms with van der Waals surface area (Å²) in [6, 6.07) is 25.6. The van der Waals surface area contributed by atoms with Crippen LogP contribution in [0.15, 0.2) is 73.3 Å². The van der Waals surface area contributed by atoms with Crippen molar-refractivity contribution >= 4 is 6.08 Å². The predicted octanol–water partition coefficient (Wildman–Crippen LogP) is 10.8. The maximum absolute atomic E-state index is 3.95. The summed E-state index contributed by atoms with van der Waals surface area (Å²) in [5.74, 6) is 0. The largest absolute Gasteiger partial charge is 0.304 e. The number of benzene rings is 3. The second kappa shape index (κ2) is 17.0. The lowest BCUT2D eigenvalue weighted by atomic mass is 9.70. The van der Waals surface area contributed by atoms with E-state index in [2.05, 4.69) is 111 Å². The van der Waals surface area contributed by atoms with Gasteiger partial charge in [-0.2, -0.15) is 0 Å². The van der Waals surface area contributed by atoms with Gasteiger partial charge < -0.3 is 9.80 Å². The summed E-state index contributed by atoms with van der Waals surface area (Å²) in [6.45, 7) is 20.2. The smallest absolute Gasteiger partial charge is 0.0215 e. The van der Waals surface area contributed by atoms with Crippen molar-refractivity contribution in [2.45, 2.75) is 97.3 Å². The minimum absolute atomic E-state index is 0.112. The Hall–Kier alpha value is -2.68. The molecule has 43 heavy (non-hydrogen) atoms. The van der Waals surface area contributed by atoms with Gasteiger partial charge in [0.1, 0.15) is 0 Å². The third-order valence-corrected chi connectivity index (χ3v) is 10.2. The quantitative estimate of drug-likeness (QED) is 0.123. The lowest BCUT2D eigenvalue weighted by Gasteiger charge is -2.33.